The highest BCUT2D eigenvalue weighted by Gasteiger charge is 2.31. The third kappa shape index (κ3) is 5.07. The van der Waals surface area contributed by atoms with Gasteiger partial charge in [-0.05, 0) is 42.7 Å². The van der Waals surface area contributed by atoms with Gasteiger partial charge in [-0.1, -0.05) is 41.3 Å². The molecule has 1 fully saturated rings. The van der Waals surface area contributed by atoms with Gasteiger partial charge in [0.25, 0.3) is 0 Å². The molecule has 10 heteroatoms. The molecule has 0 radical (unpaired) electrons. The number of fused-ring (bicyclic) bond motifs is 1. The molecule has 0 aliphatic carbocycles. The standard InChI is InChI=1S/C24H26N4O4S2/c1-30-19-8-3-2-6-17(19)25-23-26-27-24(34-23)33-15-22(29)28-11-4-7-18(28)16-9-10-20-21(14-16)32-13-5-12-31-20/h2-3,6,8-10,14,18H,4-5,7,11-13,15H2,1H3,(H,25,26)/t18-/m1/s1. The second-order valence-corrected chi connectivity index (χ2v) is 10.2. The Labute approximate surface area is 206 Å². The number of anilines is 2. The highest BCUT2D eigenvalue weighted by atomic mass is 32.2. The van der Waals surface area contributed by atoms with Gasteiger partial charge in [0.2, 0.25) is 11.0 Å². The summed E-state index contributed by atoms with van der Waals surface area (Å²) >= 11 is 2.84. The lowest BCUT2D eigenvalue weighted by molar-refractivity contribution is -0.129. The SMILES string of the molecule is COc1ccccc1Nc1nnc(SCC(=O)N2CCC[C@@H]2c2ccc3c(c2)OCCCO3)s1. The molecule has 1 amide bonds. The lowest BCUT2D eigenvalue weighted by atomic mass is 10.0. The second-order valence-electron chi connectivity index (χ2n) is 7.99. The molecule has 3 aromatic rings. The van der Waals surface area contributed by atoms with Crippen molar-refractivity contribution in [2.45, 2.75) is 29.6 Å². The topological polar surface area (TPSA) is 85.8 Å². The molecule has 0 bridgehead atoms. The van der Waals surface area contributed by atoms with E-state index in [1.54, 1.807) is 7.11 Å². The lowest BCUT2D eigenvalue weighted by Gasteiger charge is -2.25. The molecule has 5 rings (SSSR count). The summed E-state index contributed by atoms with van der Waals surface area (Å²) < 4.78 is 17.7. The van der Waals surface area contributed by atoms with Crippen molar-refractivity contribution in [3.8, 4) is 17.2 Å². The predicted octanol–water partition coefficient (Wildman–Crippen LogP) is 4.91. The van der Waals surface area contributed by atoms with Crippen molar-refractivity contribution in [3.63, 3.8) is 0 Å². The Bertz CT molecular complexity index is 1160. The van der Waals surface area contributed by atoms with Crippen molar-refractivity contribution < 1.29 is 19.0 Å². The first-order valence-corrected chi connectivity index (χ1v) is 13.1. The quantitative estimate of drug-likeness (QED) is 0.460. The van der Waals surface area contributed by atoms with Gasteiger partial charge >= 0.3 is 0 Å². The number of benzene rings is 2. The zero-order chi connectivity index (χ0) is 23.3. The van der Waals surface area contributed by atoms with Crippen molar-refractivity contribution >= 4 is 39.8 Å². The fourth-order valence-corrected chi connectivity index (χ4v) is 5.84. The van der Waals surface area contributed by atoms with Gasteiger partial charge in [-0.3, -0.25) is 4.79 Å². The first kappa shape index (κ1) is 22.8. The van der Waals surface area contributed by atoms with Crippen LogP contribution in [0, 0.1) is 0 Å². The van der Waals surface area contributed by atoms with Crippen LogP contribution < -0.4 is 19.5 Å². The Balaban J connectivity index is 1.21. The van der Waals surface area contributed by atoms with E-state index in [9.17, 15) is 4.79 Å². The number of nitrogens with one attached hydrogen (secondary N) is 1. The largest absolute Gasteiger partial charge is 0.495 e. The number of methoxy groups -OCH3 is 1. The molecular formula is C24H26N4O4S2. The van der Waals surface area contributed by atoms with Gasteiger partial charge in [0.15, 0.2) is 15.8 Å². The molecule has 1 saturated heterocycles. The number of thioether (sulfide) groups is 1. The molecule has 0 saturated carbocycles. The minimum Gasteiger partial charge on any atom is -0.495 e. The van der Waals surface area contributed by atoms with Gasteiger partial charge in [0, 0.05) is 13.0 Å². The van der Waals surface area contributed by atoms with E-state index in [1.165, 1.54) is 23.1 Å². The summed E-state index contributed by atoms with van der Waals surface area (Å²) in [5, 5.41) is 12.3. The number of para-hydroxylation sites is 2. The van der Waals surface area contributed by atoms with Crippen molar-refractivity contribution in [1.82, 2.24) is 15.1 Å². The maximum atomic E-state index is 13.1. The number of aromatic nitrogens is 2. The number of hydrogen-bond acceptors (Lipinski definition) is 9. The average molecular weight is 499 g/mol. The van der Waals surface area contributed by atoms with Crippen molar-refractivity contribution in [1.29, 1.82) is 0 Å². The first-order chi connectivity index (χ1) is 16.7. The number of ether oxygens (including phenoxy) is 3. The Morgan fingerprint density at radius 2 is 2.03 bits per heavy atom. The number of amides is 1. The fraction of sp³-hybridized carbons (Fsp3) is 0.375. The summed E-state index contributed by atoms with van der Waals surface area (Å²) in [4.78, 5) is 15.1. The third-order valence-electron chi connectivity index (χ3n) is 5.80. The summed E-state index contributed by atoms with van der Waals surface area (Å²) in [6, 6.07) is 13.7. The van der Waals surface area contributed by atoms with E-state index in [4.69, 9.17) is 14.2 Å². The molecule has 1 atom stereocenters. The highest BCUT2D eigenvalue weighted by molar-refractivity contribution is 8.01. The van der Waals surface area contributed by atoms with Gasteiger partial charge in [0.1, 0.15) is 5.75 Å². The first-order valence-electron chi connectivity index (χ1n) is 11.3. The Hall–Kier alpha value is -2.98. The minimum absolute atomic E-state index is 0.0578. The van der Waals surface area contributed by atoms with Crippen LogP contribution in [0.15, 0.2) is 46.8 Å². The Kier molecular flexibility index (Phi) is 7.05. The molecule has 178 valence electrons. The van der Waals surface area contributed by atoms with Crippen LogP contribution in [0.5, 0.6) is 17.2 Å². The Morgan fingerprint density at radius 3 is 2.91 bits per heavy atom. The molecule has 2 aliphatic heterocycles. The molecule has 0 unspecified atom stereocenters. The van der Waals surface area contributed by atoms with E-state index in [1.807, 2.05) is 41.3 Å². The smallest absolute Gasteiger partial charge is 0.233 e. The molecule has 34 heavy (non-hydrogen) atoms. The fourth-order valence-electron chi connectivity index (χ4n) is 4.19. The van der Waals surface area contributed by atoms with Gasteiger partial charge in [-0.2, -0.15) is 0 Å². The number of likely N-dealkylation sites (tertiary alicyclic amines) is 1. The molecule has 3 heterocycles. The molecule has 2 aliphatic rings. The van der Waals surface area contributed by atoms with Crippen LogP contribution in [-0.4, -0.2) is 53.6 Å². The molecule has 2 aromatic carbocycles. The monoisotopic (exact) mass is 498 g/mol. The zero-order valence-corrected chi connectivity index (χ0v) is 20.5. The number of carbonyl (C=O) groups is 1. The molecule has 0 spiro atoms. The van der Waals surface area contributed by atoms with E-state index < -0.39 is 0 Å². The number of nitrogens with zero attached hydrogens (tertiary/aromatic N) is 3. The number of carbonyl (C=O) groups excluding carboxylic acids is 1. The maximum absolute atomic E-state index is 13.1. The summed E-state index contributed by atoms with van der Waals surface area (Å²) in [6.45, 7) is 2.07. The van der Waals surface area contributed by atoms with E-state index in [-0.39, 0.29) is 11.9 Å². The van der Waals surface area contributed by atoms with Crippen LogP contribution >= 0.6 is 23.1 Å². The Morgan fingerprint density at radius 1 is 1.18 bits per heavy atom. The zero-order valence-electron chi connectivity index (χ0n) is 18.9. The summed E-state index contributed by atoms with van der Waals surface area (Å²) in [5.41, 5.74) is 1.92. The second kappa shape index (κ2) is 10.5. The number of hydrogen-bond donors (Lipinski definition) is 1. The molecular weight excluding hydrogens is 472 g/mol. The van der Waals surface area contributed by atoms with E-state index in [0.717, 1.165) is 58.6 Å². The molecule has 1 aromatic heterocycles. The maximum Gasteiger partial charge on any atom is 0.233 e. The summed E-state index contributed by atoms with van der Waals surface area (Å²) in [7, 11) is 1.63. The van der Waals surface area contributed by atoms with Crippen LogP contribution in [0.25, 0.3) is 0 Å². The number of rotatable bonds is 7. The lowest BCUT2D eigenvalue weighted by Crippen LogP contribution is -2.32. The van der Waals surface area contributed by atoms with Gasteiger partial charge < -0.3 is 24.4 Å². The van der Waals surface area contributed by atoms with Crippen LogP contribution in [0.2, 0.25) is 0 Å². The van der Waals surface area contributed by atoms with Crippen molar-refractivity contribution in [3.05, 3.63) is 48.0 Å². The van der Waals surface area contributed by atoms with E-state index in [2.05, 4.69) is 21.6 Å². The minimum atomic E-state index is 0.0578. The summed E-state index contributed by atoms with van der Waals surface area (Å²) in [5.74, 6) is 2.71. The average Bonchev–Trinajstić information content (AvgIpc) is 3.47. The molecule has 1 N–H and O–H groups in total. The van der Waals surface area contributed by atoms with Crippen LogP contribution in [-0.2, 0) is 4.79 Å². The van der Waals surface area contributed by atoms with E-state index in [0.29, 0.717) is 24.1 Å². The van der Waals surface area contributed by atoms with Gasteiger partial charge in [-0.25, -0.2) is 0 Å². The predicted molar refractivity (Wildman–Crippen MR) is 133 cm³/mol. The van der Waals surface area contributed by atoms with Crippen LogP contribution in [0.1, 0.15) is 30.9 Å². The van der Waals surface area contributed by atoms with Gasteiger partial charge in [0.05, 0.1) is 37.8 Å². The third-order valence-corrected chi connectivity index (χ3v) is 7.76. The summed E-state index contributed by atoms with van der Waals surface area (Å²) in [6.07, 6.45) is 2.81. The normalized spacial score (nSPS) is 17.3. The van der Waals surface area contributed by atoms with Crippen molar-refractivity contribution in [2.75, 3.05) is 37.9 Å². The van der Waals surface area contributed by atoms with E-state index >= 15 is 0 Å². The highest BCUT2D eigenvalue weighted by Crippen LogP contribution is 2.38. The van der Waals surface area contributed by atoms with Gasteiger partial charge in [-0.15, -0.1) is 10.2 Å². The van der Waals surface area contributed by atoms with Crippen LogP contribution in [0.3, 0.4) is 0 Å². The van der Waals surface area contributed by atoms with Crippen molar-refractivity contribution in [2.24, 2.45) is 0 Å². The molecule has 8 nitrogen and oxygen atoms in total. The van der Waals surface area contributed by atoms with Crippen LogP contribution in [0.4, 0.5) is 10.8 Å².